The van der Waals surface area contributed by atoms with E-state index in [9.17, 15) is 9.59 Å². The van der Waals surface area contributed by atoms with Gasteiger partial charge in [0.1, 0.15) is 11.3 Å². The summed E-state index contributed by atoms with van der Waals surface area (Å²) in [5, 5.41) is 3.67. The SMILES string of the molecule is Cc1ccc(I)c(NC(=O)COc2ccc3c(C)cc(=O)oc3c2)c1. The molecule has 0 radical (unpaired) electrons. The third kappa shape index (κ3) is 4.19. The maximum atomic E-state index is 12.1. The minimum absolute atomic E-state index is 0.133. The normalized spacial score (nSPS) is 10.7. The number of ether oxygens (including phenoxy) is 1. The van der Waals surface area contributed by atoms with Crippen LogP contribution >= 0.6 is 22.6 Å². The molecule has 3 rings (SSSR count). The van der Waals surface area contributed by atoms with E-state index < -0.39 is 5.63 Å². The van der Waals surface area contributed by atoms with Crippen molar-refractivity contribution in [2.24, 2.45) is 0 Å². The fourth-order valence-electron chi connectivity index (χ4n) is 2.47. The molecule has 128 valence electrons. The lowest BCUT2D eigenvalue weighted by molar-refractivity contribution is -0.118. The summed E-state index contributed by atoms with van der Waals surface area (Å²) in [4.78, 5) is 23.6. The largest absolute Gasteiger partial charge is 0.484 e. The molecule has 0 atom stereocenters. The van der Waals surface area contributed by atoms with E-state index in [2.05, 4.69) is 27.9 Å². The van der Waals surface area contributed by atoms with Crippen LogP contribution in [0.25, 0.3) is 11.0 Å². The number of anilines is 1. The summed E-state index contributed by atoms with van der Waals surface area (Å²) < 4.78 is 11.7. The fraction of sp³-hybridized carbons (Fsp3) is 0.158. The van der Waals surface area contributed by atoms with E-state index in [4.69, 9.17) is 9.15 Å². The van der Waals surface area contributed by atoms with Crippen molar-refractivity contribution in [3.8, 4) is 5.75 Å². The number of carbonyl (C=O) groups excluding carboxylic acids is 1. The summed E-state index contributed by atoms with van der Waals surface area (Å²) in [6.45, 7) is 3.68. The van der Waals surface area contributed by atoms with Gasteiger partial charge >= 0.3 is 5.63 Å². The van der Waals surface area contributed by atoms with E-state index in [1.807, 2.05) is 38.1 Å². The van der Waals surface area contributed by atoms with E-state index in [1.54, 1.807) is 12.1 Å². The zero-order valence-electron chi connectivity index (χ0n) is 13.8. The van der Waals surface area contributed by atoms with Gasteiger partial charge in [0, 0.05) is 21.1 Å². The Balaban J connectivity index is 1.70. The predicted molar refractivity (Wildman–Crippen MR) is 105 cm³/mol. The Bertz CT molecular complexity index is 1010. The van der Waals surface area contributed by atoms with Gasteiger partial charge in [0.25, 0.3) is 5.91 Å². The molecule has 0 fully saturated rings. The van der Waals surface area contributed by atoms with E-state index >= 15 is 0 Å². The highest BCUT2D eigenvalue weighted by Crippen LogP contribution is 2.23. The quantitative estimate of drug-likeness (QED) is 0.483. The molecule has 2 aromatic carbocycles. The molecule has 1 aromatic heterocycles. The number of rotatable bonds is 4. The van der Waals surface area contributed by atoms with Gasteiger partial charge in [0.05, 0.1) is 5.69 Å². The Morgan fingerprint density at radius 3 is 2.76 bits per heavy atom. The Labute approximate surface area is 158 Å². The average Bonchev–Trinajstić information content (AvgIpc) is 2.56. The number of amides is 1. The molecular weight excluding hydrogens is 433 g/mol. The zero-order valence-corrected chi connectivity index (χ0v) is 15.9. The molecule has 1 heterocycles. The fourth-order valence-corrected chi connectivity index (χ4v) is 2.94. The Kier molecular flexibility index (Phi) is 5.08. The Morgan fingerprint density at radius 2 is 1.96 bits per heavy atom. The first-order valence-electron chi connectivity index (χ1n) is 7.66. The van der Waals surface area contributed by atoms with Crippen molar-refractivity contribution in [1.29, 1.82) is 0 Å². The average molecular weight is 449 g/mol. The number of hydrogen-bond donors (Lipinski definition) is 1. The molecule has 1 N–H and O–H groups in total. The summed E-state index contributed by atoms with van der Waals surface area (Å²) in [7, 11) is 0. The lowest BCUT2D eigenvalue weighted by Gasteiger charge is -2.10. The second-order valence-electron chi connectivity index (χ2n) is 5.73. The van der Waals surface area contributed by atoms with Gasteiger partial charge in [-0.25, -0.2) is 4.79 Å². The molecule has 0 aliphatic rings. The van der Waals surface area contributed by atoms with Crippen LogP contribution in [-0.2, 0) is 4.79 Å². The van der Waals surface area contributed by atoms with Gasteiger partial charge in [0.2, 0.25) is 0 Å². The van der Waals surface area contributed by atoms with Crippen LogP contribution in [-0.4, -0.2) is 12.5 Å². The third-order valence-corrected chi connectivity index (χ3v) is 4.63. The van der Waals surface area contributed by atoms with E-state index in [0.29, 0.717) is 11.3 Å². The summed E-state index contributed by atoms with van der Waals surface area (Å²) >= 11 is 2.17. The molecular formula is C19H16INO4. The molecule has 6 heteroatoms. The third-order valence-electron chi connectivity index (χ3n) is 3.69. The highest BCUT2D eigenvalue weighted by Gasteiger charge is 2.08. The zero-order chi connectivity index (χ0) is 18.0. The monoisotopic (exact) mass is 449 g/mol. The van der Waals surface area contributed by atoms with Crippen LogP contribution < -0.4 is 15.7 Å². The van der Waals surface area contributed by atoms with Crippen molar-refractivity contribution in [1.82, 2.24) is 0 Å². The molecule has 3 aromatic rings. The van der Waals surface area contributed by atoms with Crippen molar-refractivity contribution in [3.63, 3.8) is 0 Å². The Morgan fingerprint density at radius 1 is 1.16 bits per heavy atom. The van der Waals surface area contributed by atoms with Crippen LogP contribution in [0.4, 0.5) is 5.69 Å². The number of nitrogens with one attached hydrogen (secondary N) is 1. The molecule has 25 heavy (non-hydrogen) atoms. The maximum Gasteiger partial charge on any atom is 0.336 e. The van der Waals surface area contributed by atoms with Gasteiger partial charge in [-0.1, -0.05) is 6.07 Å². The lowest BCUT2D eigenvalue weighted by Crippen LogP contribution is -2.20. The number of aryl methyl sites for hydroxylation is 2. The smallest absolute Gasteiger partial charge is 0.336 e. The van der Waals surface area contributed by atoms with Gasteiger partial charge in [-0.05, 0) is 71.8 Å². The molecule has 0 saturated carbocycles. The van der Waals surface area contributed by atoms with Crippen molar-refractivity contribution >= 4 is 45.2 Å². The van der Waals surface area contributed by atoms with Crippen LogP contribution in [0.3, 0.4) is 0 Å². The van der Waals surface area contributed by atoms with Crippen molar-refractivity contribution in [2.45, 2.75) is 13.8 Å². The predicted octanol–water partition coefficient (Wildman–Crippen LogP) is 4.03. The van der Waals surface area contributed by atoms with E-state index in [-0.39, 0.29) is 12.5 Å². The molecule has 0 aliphatic heterocycles. The summed E-state index contributed by atoms with van der Waals surface area (Å²) in [6, 6.07) is 12.5. The van der Waals surface area contributed by atoms with E-state index in [1.165, 1.54) is 6.07 Å². The Hall–Kier alpha value is -2.35. The van der Waals surface area contributed by atoms with Gasteiger partial charge in [0.15, 0.2) is 6.61 Å². The van der Waals surface area contributed by atoms with Crippen molar-refractivity contribution in [3.05, 3.63) is 67.6 Å². The lowest BCUT2D eigenvalue weighted by atomic mass is 10.1. The van der Waals surface area contributed by atoms with Gasteiger partial charge in [-0.15, -0.1) is 0 Å². The summed E-state index contributed by atoms with van der Waals surface area (Å²) in [5.74, 6) is 0.213. The van der Waals surface area contributed by atoms with Crippen LogP contribution in [0.1, 0.15) is 11.1 Å². The molecule has 0 saturated heterocycles. The standard InChI is InChI=1S/C19H16INO4/c1-11-3-6-15(20)16(7-11)21-18(22)10-24-13-4-5-14-12(2)8-19(23)25-17(14)9-13/h3-9H,10H2,1-2H3,(H,21,22). The van der Waals surface area contributed by atoms with Gasteiger partial charge in [-0.2, -0.15) is 0 Å². The van der Waals surface area contributed by atoms with Crippen LogP contribution in [0.5, 0.6) is 5.75 Å². The number of halogens is 1. The molecule has 0 unspecified atom stereocenters. The summed E-state index contributed by atoms with van der Waals surface area (Å²) in [5.41, 5.74) is 2.69. The van der Waals surface area contributed by atoms with Gasteiger partial charge < -0.3 is 14.5 Å². The second kappa shape index (κ2) is 7.26. The number of hydrogen-bond acceptors (Lipinski definition) is 4. The van der Waals surface area contributed by atoms with Crippen LogP contribution in [0.15, 0.2) is 51.7 Å². The first kappa shape index (κ1) is 17.5. The van der Waals surface area contributed by atoms with Gasteiger partial charge in [-0.3, -0.25) is 4.79 Å². The van der Waals surface area contributed by atoms with Crippen molar-refractivity contribution < 1.29 is 13.9 Å². The topological polar surface area (TPSA) is 68.5 Å². The molecule has 0 bridgehead atoms. The minimum Gasteiger partial charge on any atom is -0.484 e. The summed E-state index contributed by atoms with van der Waals surface area (Å²) in [6.07, 6.45) is 0. The molecule has 5 nitrogen and oxygen atoms in total. The first-order valence-corrected chi connectivity index (χ1v) is 8.73. The highest BCUT2D eigenvalue weighted by molar-refractivity contribution is 14.1. The number of benzene rings is 2. The first-order chi connectivity index (χ1) is 11.9. The van der Waals surface area contributed by atoms with Crippen LogP contribution in [0, 0.1) is 17.4 Å². The number of carbonyl (C=O) groups is 1. The number of fused-ring (bicyclic) bond motifs is 1. The molecule has 1 amide bonds. The van der Waals surface area contributed by atoms with E-state index in [0.717, 1.165) is 25.8 Å². The minimum atomic E-state index is -0.408. The molecule has 0 aliphatic carbocycles. The molecule has 0 spiro atoms. The highest BCUT2D eigenvalue weighted by atomic mass is 127. The van der Waals surface area contributed by atoms with Crippen molar-refractivity contribution in [2.75, 3.05) is 11.9 Å². The van der Waals surface area contributed by atoms with Crippen LogP contribution in [0.2, 0.25) is 0 Å². The maximum absolute atomic E-state index is 12.1. The second-order valence-corrected chi connectivity index (χ2v) is 6.89.